The first-order valence-electron chi connectivity index (χ1n) is 7.59. The molecule has 1 N–H and O–H groups in total. The molecule has 134 valence electrons. The van der Waals surface area contributed by atoms with Crippen LogP contribution in [0, 0.1) is 11.3 Å². The molecule has 0 bridgehead atoms. The molecule has 9 heteroatoms. The number of hydrogen-bond acceptors (Lipinski definition) is 5. The maximum atomic E-state index is 11.6. The van der Waals surface area contributed by atoms with Gasteiger partial charge in [0.15, 0.2) is 5.75 Å². The molecule has 0 spiro atoms. The maximum absolute atomic E-state index is 11.6. The van der Waals surface area contributed by atoms with Gasteiger partial charge in [0.2, 0.25) is 0 Å². The van der Waals surface area contributed by atoms with Gasteiger partial charge in [-0.15, -0.1) is 0 Å². The molecule has 0 radical (unpaired) electrons. The quantitative estimate of drug-likeness (QED) is 0.409. The number of nitrogens with zero attached hydrogens (tertiary/aromatic N) is 4. The fraction of sp³-hybridized carbons (Fsp3) is 0.500. The van der Waals surface area contributed by atoms with Gasteiger partial charge in [0.25, 0.3) is 0 Å². The second kappa shape index (κ2) is 9.77. The summed E-state index contributed by atoms with van der Waals surface area (Å²) in [5.41, 5.74) is 8.46. The minimum Gasteiger partial charge on any atom is -0.491 e. The van der Waals surface area contributed by atoms with E-state index in [2.05, 4.69) is 37.3 Å². The lowest BCUT2D eigenvalue weighted by Gasteiger charge is -2.20. The predicted octanol–water partition coefficient (Wildman–Crippen LogP) is 4.29. The lowest BCUT2D eigenvalue weighted by molar-refractivity contribution is 0.0523. The van der Waals surface area contributed by atoms with Crippen LogP contribution in [0.2, 0.25) is 0 Å². The van der Waals surface area contributed by atoms with Gasteiger partial charge in [0.05, 0.1) is 22.7 Å². The van der Waals surface area contributed by atoms with Crippen molar-refractivity contribution in [2.24, 2.45) is 5.11 Å². The van der Waals surface area contributed by atoms with Crippen molar-refractivity contribution in [1.29, 1.82) is 5.26 Å². The number of benzene rings is 1. The minimum atomic E-state index is -0.603. The maximum Gasteiger partial charge on any atom is 0.407 e. The van der Waals surface area contributed by atoms with Crippen LogP contribution in [-0.2, 0) is 4.74 Å². The van der Waals surface area contributed by atoms with Crippen molar-refractivity contribution in [3.63, 3.8) is 0 Å². The number of amides is 1. The zero-order chi connectivity index (χ0) is 18.9. The number of ether oxygens (including phenoxy) is 2. The summed E-state index contributed by atoms with van der Waals surface area (Å²) in [6.45, 7) is 5.63. The van der Waals surface area contributed by atoms with Gasteiger partial charge in [-0.05, 0) is 60.8 Å². The number of hydrogen-bond donors (Lipinski definition) is 1. The van der Waals surface area contributed by atoms with E-state index < -0.39 is 17.7 Å². The molecule has 0 aliphatic rings. The smallest absolute Gasteiger partial charge is 0.407 e. The molecule has 25 heavy (non-hydrogen) atoms. The summed E-state index contributed by atoms with van der Waals surface area (Å²) in [6.07, 6.45) is -0.212. The van der Waals surface area contributed by atoms with E-state index in [0.29, 0.717) is 22.2 Å². The van der Waals surface area contributed by atoms with Crippen LogP contribution in [0.15, 0.2) is 27.8 Å². The Morgan fingerprint density at radius 1 is 1.52 bits per heavy atom. The third-order valence-electron chi connectivity index (χ3n) is 2.88. The van der Waals surface area contributed by atoms with Gasteiger partial charge in [0, 0.05) is 11.5 Å². The molecule has 0 saturated carbocycles. The Morgan fingerprint density at radius 3 is 2.84 bits per heavy atom. The Labute approximate surface area is 154 Å². The van der Waals surface area contributed by atoms with E-state index in [1.807, 2.05) is 0 Å². The highest BCUT2D eigenvalue weighted by Crippen LogP contribution is 2.28. The summed E-state index contributed by atoms with van der Waals surface area (Å²) in [6, 6.07) is 6.71. The van der Waals surface area contributed by atoms with Gasteiger partial charge >= 0.3 is 6.09 Å². The van der Waals surface area contributed by atoms with Crippen molar-refractivity contribution in [2.45, 2.75) is 38.8 Å². The molecule has 0 aliphatic carbocycles. The SMILES string of the molecule is CC(C)(C)OC(=O)NCC(CCOc1c(Br)cccc1C#N)N=[N+]=[N-]. The molecule has 0 fully saturated rings. The molecule has 0 saturated heterocycles. The Balaban J connectivity index is 2.56. The first kappa shape index (κ1) is 20.6. The Hall–Kier alpha value is -2.43. The number of rotatable bonds is 7. The van der Waals surface area contributed by atoms with Crippen molar-refractivity contribution in [3.8, 4) is 11.8 Å². The van der Waals surface area contributed by atoms with Crippen molar-refractivity contribution in [3.05, 3.63) is 38.7 Å². The van der Waals surface area contributed by atoms with Crippen molar-refractivity contribution < 1.29 is 14.3 Å². The number of para-hydroxylation sites is 1. The molecule has 0 heterocycles. The second-order valence-electron chi connectivity index (χ2n) is 6.11. The fourth-order valence-electron chi connectivity index (χ4n) is 1.83. The summed E-state index contributed by atoms with van der Waals surface area (Å²) >= 11 is 3.33. The Kier molecular flexibility index (Phi) is 8.05. The summed E-state index contributed by atoms with van der Waals surface area (Å²) in [7, 11) is 0. The van der Waals surface area contributed by atoms with E-state index in [-0.39, 0.29) is 13.2 Å². The van der Waals surface area contributed by atoms with Crippen LogP contribution in [0.5, 0.6) is 5.75 Å². The van der Waals surface area contributed by atoms with E-state index in [1.54, 1.807) is 39.0 Å². The van der Waals surface area contributed by atoms with E-state index >= 15 is 0 Å². The fourth-order valence-corrected chi connectivity index (χ4v) is 2.31. The van der Waals surface area contributed by atoms with Crippen LogP contribution >= 0.6 is 15.9 Å². The molecule has 1 aromatic carbocycles. The highest BCUT2D eigenvalue weighted by Gasteiger charge is 2.17. The van der Waals surface area contributed by atoms with Gasteiger partial charge in [0.1, 0.15) is 11.7 Å². The van der Waals surface area contributed by atoms with Crippen LogP contribution in [-0.4, -0.2) is 30.9 Å². The van der Waals surface area contributed by atoms with Crippen LogP contribution in [0.25, 0.3) is 10.4 Å². The molecular weight excluding hydrogens is 390 g/mol. The van der Waals surface area contributed by atoms with Gasteiger partial charge < -0.3 is 14.8 Å². The third kappa shape index (κ3) is 7.79. The number of nitrogens with one attached hydrogen (secondary N) is 1. The number of nitriles is 1. The van der Waals surface area contributed by atoms with Crippen molar-refractivity contribution >= 4 is 22.0 Å². The number of azide groups is 1. The van der Waals surface area contributed by atoms with Gasteiger partial charge in [-0.2, -0.15) is 5.26 Å². The minimum absolute atomic E-state index is 0.128. The molecule has 1 amide bonds. The number of alkyl carbamates (subject to hydrolysis) is 1. The third-order valence-corrected chi connectivity index (χ3v) is 3.51. The first-order chi connectivity index (χ1) is 11.8. The van der Waals surface area contributed by atoms with Crippen LogP contribution in [0.4, 0.5) is 4.79 Å². The molecule has 1 aromatic rings. The topological polar surface area (TPSA) is 120 Å². The first-order valence-corrected chi connectivity index (χ1v) is 8.38. The highest BCUT2D eigenvalue weighted by atomic mass is 79.9. The molecule has 0 aliphatic heterocycles. The number of carbonyl (C=O) groups excluding carboxylic acids is 1. The van der Waals surface area contributed by atoms with Gasteiger partial charge in [-0.3, -0.25) is 0 Å². The largest absolute Gasteiger partial charge is 0.491 e. The van der Waals surface area contributed by atoms with E-state index in [9.17, 15) is 4.79 Å². The molecular formula is C16H20BrN5O3. The normalized spacial score (nSPS) is 11.6. The highest BCUT2D eigenvalue weighted by molar-refractivity contribution is 9.10. The van der Waals surface area contributed by atoms with Gasteiger partial charge in [-0.25, -0.2) is 4.79 Å². The van der Waals surface area contributed by atoms with Crippen LogP contribution < -0.4 is 10.1 Å². The van der Waals surface area contributed by atoms with E-state index in [0.717, 1.165) is 0 Å². The monoisotopic (exact) mass is 409 g/mol. The Bertz CT molecular complexity index is 690. The predicted molar refractivity (Wildman–Crippen MR) is 96.1 cm³/mol. The van der Waals surface area contributed by atoms with Crippen molar-refractivity contribution in [2.75, 3.05) is 13.2 Å². The number of carbonyl (C=O) groups is 1. The molecule has 1 unspecified atom stereocenters. The zero-order valence-corrected chi connectivity index (χ0v) is 15.9. The van der Waals surface area contributed by atoms with Crippen LogP contribution in [0.1, 0.15) is 32.8 Å². The Morgan fingerprint density at radius 2 is 2.24 bits per heavy atom. The van der Waals surface area contributed by atoms with Crippen molar-refractivity contribution in [1.82, 2.24) is 5.32 Å². The summed E-state index contributed by atoms with van der Waals surface area (Å²) < 4.78 is 11.4. The number of halogens is 1. The average Bonchev–Trinajstić information content (AvgIpc) is 2.52. The average molecular weight is 410 g/mol. The molecule has 0 aromatic heterocycles. The molecule has 8 nitrogen and oxygen atoms in total. The van der Waals surface area contributed by atoms with E-state index in [1.165, 1.54) is 0 Å². The van der Waals surface area contributed by atoms with Crippen LogP contribution in [0.3, 0.4) is 0 Å². The standard InChI is InChI=1S/C16H20BrN5O3/c1-16(2,3)25-15(23)20-10-12(21-22-19)7-8-24-14-11(9-18)5-4-6-13(14)17/h4-6,12H,7-8,10H2,1-3H3,(H,20,23). The molecule has 1 rings (SSSR count). The zero-order valence-electron chi connectivity index (χ0n) is 14.3. The lowest BCUT2D eigenvalue weighted by Crippen LogP contribution is -2.36. The van der Waals surface area contributed by atoms with E-state index in [4.69, 9.17) is 20.3 Å². The summed E-state index contributed by atoms with van der Waals surface area (Å²) in [5, 5.41) is 15.3. The van der Waals surface area contributed by atoms with Gasteiger partial charge in [-0.1, -0.05) is 11.2 Å². The lowest BCUT2D eigenvalue weighted by atomic mass is 10.2. The summed E-state index contributed by atoms with van der Waals surface area (Å²) in [4.78, 5) is 14.4. The molecule has 1 atom stereocenters. The summed E-state index contributed by atoms with van der Waals surface area (Å²) in [5.74, 6) is 0.435. The second-order valence-corrected chi connectivity index (χ2v) is 6.96.